The second kappa shape index (κ2) is 3.79. The van der Waals surface area contributed by atoms with E-state index in [0.29, 0.717) is 12.5 Å². The van der Waals surface area contributed by atoms with E-state index in [1.807, 2.05) is 0 Å². The predicted octanol–water partition coefficient (Wildman–Crippen LogP) is -0.854. The van der Waals surface area contributed by atoms with E-state index in [0.717, 1.165) is 19.5 Å². The number of hydrogen-bond acceptors (Lipinski definition) is 3. The smallest absolute Gasteiger partial charge is 0.316 e. The van der Waals surface area contributed by atoms with Crippen molar-refractivity contribution in [1.82, 2.24) is 14.9 Å². The molecule has 0 atom stereocenters. The summed E-state index contributed by atoms with van der Waals surface area (Å²) in [5.41, 5.74) is -0.652. The van der Waals surface area contributed by atoms with E-state index >= 15 is 0 Å². The van der Waals surface area contributed by atoms with Crippen molar-refractivity contribution in [1.29, 1.82) is 0 Å². The van der Waals surface area contributed by atoms with Gasteiger partial charge in [-0.25, -0.2) is 4.79 Å². The van der Waals surface area contributed by atoms with Crippen molar-refractivity contribution in [2.24, 2.45) is 5.92 Å². The summed E-state index contributed by atoms with van der Waals surface area (Å²) >= 11 is 0. The van der Waals surface area contributed by atoms with Gasteiger partial charge < -0.3 is 9.88 Å². The molecule has 1 aliphatic heterocycles. The van der Waals surface area contributed by atoms with Gasteiger partial charge in [-0.2, -0.15) is 0 Å². The highest BCUT2D eigenvalue weighted by Crippen LogP contribution is 2.08. The standard InChI is InChI=1S/C9H13N3O2/c13-8-2-4-12(9(14)11-8)3-1-7-5-10-6-7/h2,4,7,10H,1,3,5-6H2,(H,11,13,14). The van der Waals surface area contributed by atoms with Crippen LogP contribution in [-0.2, 0) is 6.54 Å². The molecule has 0 aromatic carbocycles. The minimum Gasteiger partial charge on any atom is -0.316 e. The van der Waals surface area contributed by atoms with Gasteiger partial charge >= 0.3 is 5.69 Å². The molecule has 0 spiro atoms. The van der Waals surface area contributed by atoms with E-state index in [-0.39, 0.29) is 11.2 Å². The van der Waals surface area contributed by atoms with Crippen molar-refractivity contribution in [3.63, 3.8) is 0 Å². The van der Waals surface area contributed by atoms with Crippen LogP contribution in [0.4, 0.5) is 0 Å². The lowest BCUT2D eigenvalue weighted by Crippen LogP contribution is -2.42. The van der Waals surface area contributed by atoms with Gasteiger partial charge in [0.05, 0.1) is 0 Å². The molecule has 2 rings (SSSR count). The van der Waals surface area contributed by atoms with Gasteiger partial charge in [-0.15, -0.1) is 0 Å². The van der Waals surface area contributed by atoms with Gasteiger partial charge in [-0.1, -0.05) is 0 Å². The van der Waals surface area contributed by atoms with Crippen molar-refractivity contribution in [3.8, 4) is 0 Å². The minimum absolute atomic E-state index is 0.315. The molecule has 5 heteroatoms. The number of hydrogen-bond donors (Lipinski definition) is 2. The molecule has 76 valence electrons. The molecule has 0 radical (unpaired) electrons. The Morgan fingerprint density at radius 2 is 2.21 bits per heavy atom. The van der Waals surface area contributed by atoms with Crippen molar-refractivity contribution in [3.05, 3.63) is 33.1 Å². The summed E-state index contributed by atoms with van der Waals surface area (Å²) in [6.07, 6.45) is 2.53. The molecule has 1 aliphatic rings. The maximum Gasteiger partial charge on any atom is 0.328 e. The van der Waals surface area contributed by atoms with Gasteiger partial charge in [0.25, 0.3) is 5.56 Å². The SMILES string of the molecule is O=c1ccn(CCC2CNC2)c(=O)[nH]1. The fourth-order valence-electron chi connectivity index (χ4n) is 1.49. The Bertz CT molecular complexity index is 417. The van der Waals surface area contributed by atoms with Crippen molar-refractivity contribution in [2.45, 2.75) is 13.0 Å². The summed E-state index contributed by atoms with van der Waals surface area (Å²) in [4.78, 5) is 24.3. The lowest BCUT2D eigenvalue weighted by atomic mass is 10.00. The zero-order chi connectivity index (χ0) is 9.97. The molecule has 2 heterocycles. The van der Waals surface area contributed by atoms with Crippen LogP contribution in [-0.4, -0.2) is 22.6 Å². The number of aryl methyl sites for hydroxylation is 1. The summed E-state index contributed by atoms with van der Waals surface area (Å²) in [5, 5.41) is 3.18. The Morgan fingerprint density at radius 3 is 2.79 bits per heavy atom. The van der Waals surface area contributed by atoms with E-state index in [9.17, 15) is 9.59 Å². The first-order chi connectivity index (χ1) is 6.75. The number of aromatic nitrogens is 2. The van der Waals surface area contributed by atoms with Crippen LogP contribution in [0.25, 0.3) is 0 Å². The molecule has 5 nitrogen and oxygen atoms in total. The first kappa shape index (κ1) is 9.21. The van der Waals surface area contributed by atoms with Gasteiger partial charge in [0.15, 0.2) is 0 Å². The zero-order valence-electron chi connectivity index (χ0n) is 7.82. The van der Waals surface area contributed by atoms with E-state index in [1.54, 1.807) is 10.8 Å². The first-order valence-corrected chi connectivity index (χ1v) is 4.76. The fourth-order valence-corrected chi connectivity index (χ4v) is 1.49. The second-order valence-electron chi connectivity index (χ2n) is 3.62. The van der Waals surface area contributed by atoms with Gasteiger partial charge in [-0.05, 0) is 25.4 Å². The Morgan fingerprint density at radius 1 is 1.43 bits per heavy atom. The topological polar surface area (TPSA) is 66.9 Å². The average Bonchev–Trinajstić information content (AvgIpc) is 2.05. The summed E-state index contributed by atoms with van der Waals surface area (Å²) in [5.74, 6) is 0.675. The van der Waals surface area contributed by atoms with Crippen molar-refractivity contribution in [2.75, 3.05) is 13.1 Å². The van der Waals surface area contributed by atoms with E-state index in [4.69, 9.17) is 0 Å². The maximum atomic E-state index is 11.3. The number of aromatic amines is 1. The molecule has 0 unspecified atom stereocenters. The Kier molecular flexibility index (Phi) is 2.49. The number of rotatable bonds is 3. The van der Waals surface area contributed by atoms with Gasteiger partial charge in [0.2, 0.25) is 0 Å². The van der Waals surface area contributed by atoms with Crippen LogP contribution >= 0.6 is 0 Å². The van der Waals surface area contributed by atoms with Crippen LogP contribution in [0.3, 0.4) is 0 Å². The molecule has 14 heavy (non-hydrogen) atoms. The van der Waals surface area contributed by atoms with E-state index in [2.05, 4.69) is 10.3 Å². The normalized spacial score (nSPS) is 16.6. The minimum atomic E-state index is -0.337. The fraction of sp³-hybridized carbons (Fsp3) is 0.556. The van der Waals surface area contributed by atoms with Gasteiger partial charge in [0.1, 0.15) is 0 Å². The number of nitrogens with zero attached hydrogens (tertiary/aromatic N) is 1. The molecule has 0 amide bonds. The van der Waals surface area contributed by atoms with Crippen LogP contribution in [0, 0.1) is 5.92 Å². The molecule has 2 N–H and O–H groups in total. The van der Waals surface area contributed by atoms with Crippen LogP contribution in [0.15, 0.2) is 21.9 Å². The van der Waals surface area contributed by atoms with E-state index in [1.165, 1.54) is 6.07 Å². The average molecular weight is 195 g/mol. The molecule has 1 fully saturated rings. The Hall–Kier alpha value is -1.36. The lowest BCUT2D eigenvalue weighted by Gasteiger charge is -2.26. The van der Waals surface area contributed by atoms with Crippen LogP contribution in [0.2, 0.25) is 0 Å². The second-order valence-corrected chi connectivity index (χ2v) is 3.62. The van der Waals surface area contributed by atoms with Crippen LogP contribution < -0.4 is 16.6 Å². The third-order valence-corrected chi connectivity index (χ3v) is 2.54. The highest BCUT2D eigenvalue weighted by atomic mass is 16.2. The highest BCUT2D eigenvalue weighted by molar-refractivity contribution is 4.83. The largest absolute Gasteiger partial charge is 0.328 e. The van der Waals surface area contributed by atoms with E-state index < -0.39 is 0 Å². The summed E-state index contributed by atoms with van der Waals surface area (Å²) in [7, 11) is 0. The van der Waals surface area contributed by atoms with Crippen LogP contribution in [0.5, 0.6) is 0 Å². The summed E-state index contributed by atoms with van der Waals surface area (Å²) < 4.78 is 1.54. The quantitative estimate of drug-likeness (QED) is 0.660. The van der Waals surface area contributed by atoms with Crippen molar-refractivity contribution >= 4 is 0 Å². The Balaban J connectivity index is 2.01. The third kappa shape index (κ3) is 1.93. The molecule has 1 saturated heterocycles. The third-order valence-electron chi connectivity index (χ3n) is 2.54. The molecule has 1 aromatic rings. The summed E-state index contributed by atoms with van der Waals surface area (Å²) in [6, 6.07) is 1.38. The molecule has 0 bridgehead atoms. The summed E-state index contributed by atoms with van der Waals surface area (Å²) in [6.45, 7) is 2.76. The molecular weight excluding hydrogens is 182 g/mol. The lowest BCUT2D eigenvalue weighted by molar-refractivity contribution is 0.310. The molecule has 0 saturated carbocycles. The monoisotopic (exact) mass is 195 g/mol. The van der Waals surface area contributed by atoms with Crippen molar-refractivity contribution < 1.29 is 0 Å². The molecule has 0 aliphatic carbocycles. The number of nitrogens with one attached hydrogen (secondary N) is 2. The van der Waals surface area contributed by atoms with Crippen LogP contribution in [0.1, 0.15) is 6.42 Å². The number of H-pyrrole nitrogens is 1. The first-order valence-electron chi connectivity index (χ1n) is 4.76. The van der Waals surface area contributed by atoms with Gasteiger partial charge in [-0.3, -0.25) is 9.78 Å². The Labute approximate surface area is 80.8 Å². The molecule has 1 aromatic heterocycles. The van der Waals surface area contributed by atoms with Gasteiger partial charge in [0, 0.05) is 18.8 Å². The zero-order valence-corrected chi connectivity index (χ0v) is 7.82. The highest BCUT2D eigenvalue weighted by Gasteiger charge is 2.15. The maximum absolute atomic E-state index is 11.3. The molecular formula is C9H13N3O2. The predicted molar refractivity (Wildman–Crippen MR) is 52.3 cm³/mol.